The van der Waals surface area contributed by atoms with Crippen LogP contribution in [0.2, 0.25) is 0 Å². The minimum Gasteiger partial charge on any atom is -0.313 e. The summed E-state index contributed by atoms with van der Waals surface area (Å²) in [5.41, 5.74) is 0. The maximum absolute atomic E-state index is 3.69. The SMILES string of the molecule is CCC1CCNC(CN2CCN(C)CC2)C1. The number of rotatable bonds is 3. The zero-order valence-electron chi connectivity index (χ0n) is 10.9. The first-order chi connectivity index (χ1) is 7.78. The highest BCUT2D eigenvalue weighted by molar-refractivity contribution is 4.82. The van der Waals surface area contributed by atoms with Crippen LogP contribution < -0.4 is 5.32 Å². The number of hydrogen-bond donors (Lipinski definition) is 1. The summed E-state index contributed by atoms with van der Waals surface area (Å²) in [4.78, 5) is 5.06. The van der Waals surface area contributed by atoms with Crippen molar-refractivity contribution in [1.82, 2.24) is 15.1 Å². The molecular weight excluding hydrogens is 198 g/mol. The van der Waals surface area contributed by atoms with Gasteiger partial charge in [0.25, 0.3) is 0 Å². The van der Waals surface area contributed by atoms with Crippen molar-refractivity contribution in [3.05, 3.63) is 0 Å². The van der Waals surface area contributed by atoms with Gasteiger partial charge < -0.3 is 10.2 Å². The van der Waals surface area contributed by atoms with Crippen molar-refractivity contribution in [1.29, 1.82) is 0 Å². The molecule has 0 aromatic rings. The minimum atomic E-state index is 0.752. The van der Waals surface area contributed by atoms with Crippen molar-refractivity contribution in [3.8, 4) is 0 Å². The van der Waals surface area contributed by atoms with Gasteiger partial charge in [0, 0.05) is 38.8 Å². The minimum absolute atomic E-state index is 0.752. The van der Waals surface area contributed by atoms with Crippen LogP contribution in [0.5, 0.6) is 0 Å². The second-order valence-corrected chi connectivity index (χ2v) is 5.55. The smallest absolute Gasteiger partial charge is 0.0197 e. The van der Waals surface area contributed by atoms with Crippen LogP contribution in [0.4, 0.5) is 0 Å². The molecule has 0 bridgehead atoms. The van der Waals surface area contributed by atoms with Gasteiger partial charge in [0.1, 0.15) is 0 Å². The van der Waals surface area contributed by atoms with Crippen LogP contribution in [0, 0.1) is 5.92 Å². The second-order valence-electron chi connectivity index (χ2n) is 5.55. The molecular formula is C13H27N3. The molecule has 2 fully saturated rings. The van der Waals surface area contributed by atoms with Gasteiger partial charge in [-0.25, -0.2) is 0 Å². The predicted octanol–water partition coefficient (Wildman–Crippen LogP) is 1.01. The van der Waals surface area contributed by atoms with E-state index in [0.717, 1.165) is 12.0 Å². The quantitative estimate of drug-likeness (QED) is 0.773. The Hall–Kier alpha value is -0.120. The van der Waals surface area contributed by atoms with Crippen LogP contribution in [-0.4, -0.2) is 62.2 Å². The Kier molecular flexibility index (Phi) is 4.62. The molecule has 0 aliphatic carbocycles. The Morgan fingerprint density at radius 2 is 1.94 bits per heavy atom. The molecule has 3 nitrogen and oxygen atoms in total. The number of nitrogens with zero attached hydrogens (tertiary/aromatic N) is 2. The van der Waals surface area contributed by atoms with Crippen molar-refractivity contribution in [3.63, 3.8) is 0 Å². The van der Waals surface area contributed by atoms with Gasteiger partial charge in [-0.2, -0.15) is 0 Å². The molecule has 0 spiro atoms. The monoisotopic (exact) mass is 225 g/mol. The van der Waals surface area contributed by atoms with E-state index in [2.05, 4.69) is 29.1 Å². The van der Waals surface area contributed by atoms with Crippen LogP contribution in [-0.2, 0) is 0 Å². The second kappa shape index (κ2) is 5.99. The lowest BCUT2D eigenvalue weighted by Gasteiger charge is -2.37. The first-order valence-electron chi connectivity index (χ1n) is 6.92. The standard InChI is InChI=1S/C13H27N3/c1-3-12-4-5-14-13(10-12)11-16-8-6-15(2)7-9-16/h12-14H,3-11H2,1-2H3. The number of likely N-dealkylation sites (N-methyl/N-ethyl adjacent to an activating group) is 1. The summed E-state index contributed by atoms with van der Waals surface area (Å²) in [7, 11) is 2.23. The van der Waals surface area contributed by atoms with Gasteiger partial charge in [-0.05, 0) is 32.4 Å². The molecule has 3 heteroatoms. The normalized spacial score (nSPS) is 34.1. The summed E-state index contributed by atoms with van der Waals surface area (Å²) in [5, 5.41) is 3.69. The maximum Gasteiger partial charge on any atom is 0.0197 e. The van der Waals surface area contributed by atoms with Crippen molar-refractivity contribution in [2.75, 3.05) is 46.3 Å². The van der Waals surface area contributed by atoms with Gasteiger partial charge in [0.2, 0.25) is 0 Å². The number of hydrogen-bond acceptors (Lipinski definition) is 3. The van der Waals surface area contributed by atoms with Gasteiger partial charge in [-0.1, -0.05) is 13.3 Å². The summed E-state index contributed by atoms with van der Waals surface area (Å²) in [6.45, 7) is 9.83. The summed E-state index contributed by atoms with van der Waals surface area (Å²) in [6.07, 6.45) is 4.14. The van der Waals surface area contributed by atoms with Crippen LogP contribution >= 0.6 is 0 Å². The zero-order chi connectivity index (χ0) is 11.4. The van der Waals surface area contributed by atoms with Crippen LogP contribution in [0.3, 0.4) is 0 Å². The average Bonchev–Trinajstić information content (AvgIpc) is 2.32. The summed E-state index contributed by atoms with van der Waals surface area (Å²) in [5.74, 6) is 0.971. The molecule has 2 aliphatic heterocycles. The summed E-state index contributed by atoms with van der Waals surface area (Å²) >= 11 is 0. The van der Waals surface area contributed by atoms with Crippen LogP contribution in [0.1, 0.15) is 26.2 Å². The van der Waals surface area contributed by atoms with E-state index in [0.29, 0.717) is 0 Å². The van der Waals surface area contributed by atoms with Crippen molar-refractivity contribution in [2.45, 2.75) is 32.2 Å². The third-order valence-electron chi connectivity index (χ3n) is 4.26. The molecule has 2 saturated heterocycles. The molecule has 0 amide bonds. The fourth-order valence-corrected chi connectivity index (χ4v) is 2.95. The Morgan fingerprint density at radius 1 is 1.19 bits per heavy atom. The highest BCUT2D eigenvalue weighted by atomic mass is 15.3. The number of piperazine rings is 1. The number of piperidine rings is 1. The van der Waals surface area contributed by atoms with E-state index in [1.165, 1.54) is 58.5 Å². The molecule has 2 unspecified atom stereocenters. The lowest BCUT2D eigenvalue weighted by Crippen LogP contribution is -2.51. The number of nitrogens with one attached hydrogen (secondary N) is 1. The van der Waals surface area contributed by atoms with Crippen LogP contribution in [0.25, 0.3) is 0 Å². The zero-order valence-corrected chi connectivity index (χ0v) is 10.9. The van der Waals surface area contributed by atoms with Gasteiger partial charge in [0.05, 0.1) is 0 Å². The molecule has 0 radical (unpaired) electrons. The molecule has 16 heavy (non-hydrogen) atoms. The van der Waals surface area contributed by atoms with Crippen LogP contribution in [0.15, 0.2) is 0 Å². The van der Waals surface area contributed by atoms with E-state index in [4.69, 9.17) is 0 Å². The molecule has 0 saturated carbocycles. The molecule has 2 rings (SSSR count). The Bertz CT molecular complexity index is 199. The van der Waals surface area contributed by atoms with Crippen molar-refractivity contribution in [2.24, 2.45) is 5.92 Å². The molecule has 2 atom stereocenters. The summed E-state index contributed by atoms with van der Waals surface area (Å²) < 4.78 is 0. The van der Waals surface area contributed by atoms with Gasteiger partial charge in [-0.15, -0.1) is 0 Å². The molecule has 2 heterocycles. The third-order valence-corrected chi connectivity index (χ3v) is 4.26. The van der Waals surface area contributed by atoms with Gasteiger partial charge >= 0.3 is 0 Å². The molecule has 2 aliphatic rings. The highest BCUT2D eigenvalue weighted by Crippen LogP contribution is 2.20. The lowest BCUT2D eigenvalue weighted by atomic mass is 9.90. The van der Waals surface area contributed by atoms with E-state index >= 15 is 0 Å². The molecule has 0 aromatic carbocycles. The highest BCUT2D eigenvalue weighted by Gasteiger charge is 2.23. The van der Waals surface area contributed by atoms with E-state index in [1.807, 2.05) is 0 Å². The topological polar surface area (TPSA) is 18.5 Å². The van der Waals surface area contributed by atoms with E-state index in [9.17, 15) is 0 Å². The van der Waals surface area contributed by atoms with Crippen molar-refractivity contribution >= 4 is 0 Å². The lowest BCUT2D eigenvalue weighted by molar-refractivity contribution is 0.129. The largest absolute Gasteiger partial charge is 0.313 e. The van der Waals surface area contributed by atoms with Crippen molar-refractivity contribution < 1.29 is 0 Å². The Labute approximate surface area is 100 Å². The molecule has 1 N–H and O–H groups in total. The Balaban J connectivity index is 1.72. The van der Waals surface area contributed by atoms with E-state index < -0.39 is 0 Å². The fourth-order valence-electron chi connectivity index (χ4n) is 2.95. The molecule has 0 aromatic heterocycles. The summed E-state index contributed by atoms with van der Waals surface area (Å²) in [6, 6.07) is 0.752. The first kappa shape index (κ1) is 12.3. The third kappa shape index (κ3) is 3.44. The predicted molar refractivity (Wildman–Crippen MR) is 68.7 cm³/mol. The van der Waals surface area contributed by atoms with E-state index in [1.54, 1.807) is 0 Å². The Morgan fingerprint density at radius 3 is 2.62 bits per heavy atom. The maximum atomic E-state index is 3.69. The average molecular weight is 225 g/mol. The van der Waals surface area contributed by atoms with Gasteiger partial charge in [0.15, 0.2) is 0 Å². The molecule has 94 valence electrons. The van der Waals surface area contributed by atoms with E-state index in [-0.39, 0.29) is 0 Å². The fraction of sp³-hybridized carbons (Fsp3) is 1.00. The first-order valence-corrected chi connectivity index (χ1v) is 6.92. The van der Waals surface area contributed by atoms with Gasteiger partial charge in [-0.3, -0.25) is 4.90 Å².